The molecule has 0 aliphatic heterocycles. The van der Waals surface area contributed by atoms with Crippen molar-refractivity contribution < 1.29 is 14.6 Å². The van der Waals surface area contributed by atoms with E-state index in [1.54, 1.807) is 26.3 Å². The summed E-state index contributed by atoms with van der Waals surface area (Å²) in [4.78, 5) is 17.2. The fourth-order valence-corrected chi connectivity index (χ4v) is 3.39. The first-order valence-corrected chi connectivity index (χ1v) is 11.5. The summed E-state index contributed by atoms with van der Waals surface area (Å²) >= 11 is 10.4. The fourth-order valence-electron chi connectivity index (χ4n) is 2.49. The average molecular weight is 500 g/mol. The van der Waals surface area contributed by atoms with Crippen LogP contribution in [0.15, 0.2) is 28.9 Å². The Bertz CT molecular complexity index is 970. The lowest BCUT2D eigenvalue weighted by Gasteiger charge is -2.25. The molecule has 0 saturated heterocycles. The van der Waals surface area contributed by atoms with Gasteiger partial charge in [0.1, 0.15) is 11.4 Å². The van der Waals surface area contributed by atoms with Crippen LogP contribution in [0.4, 0.5) is 0 Å². The lowest BCUT2D eigenvalue weighted by molar-refractivity contribution is -0.125. The van der Waals surface area contributed by atoms with E-state index in [0.717, 1.165) is 20.9 Å². The van der Waals surface area contributed by atoms with Crippen molar-refractivity contribution in [1.82, 2.24) is 10.3 Å². The van der Waals surface area contributed by atoms with E-state index in [4.69, 9.17) is 16.3 Å². The van der Waals surface area contributed by atoms with Crippen LogP contribution in [0, 0.1) is 18.8 Å². The number of hydrogen-bond acceptors (Lipinski definition) is 5. The Morgan fingerprint density at radius 2 is 2.07 bits per heavy atom. The van der Waals surface area contributed by atoms with Gasteiger partial charge in [0.05, 0.1) is 16.9 Å². The molecule has 2 atom stereocenters. The molecule has 2 N–H and O–H groups in total. The molecule has 156 valence electrons. The lowest BCUT2D eigenvalue weighted by atomic mass is 10.0. The minimum Gasteiger partial charge on any atom is -0.470 e. The van der Waals surface area contributed by atoms with Gasteiger partial charge in [-0.3, -0.25) is 9.78 Å². The maximum atomic E-state index is 12.8. The van der Waals surface area contributed by atoms with E-state index in [1.807, 2.05) is 25.1 Å². The summed E-state index contributed by atoms with van der Waals surface area (Å²) in [6, 6.07) is 5.68. The molecule has 8 heteroatoms. The van der Waals surface area contributed by atoms with E-state index in [0.29, 0.717) is 5.75 Å². The smallest absolute Gasteiger partial charge is 0.272 e. The van der Waals surface area contributed by atoms with Gasteiger partial charge >= 0.3 is 0 Å². The zero-order chi connectivity index (χ0) is 21.8. The van der Waals surface area contributed by atoms with Crippen molar-refractivity contribution in [3.05, 3.63) is 34.4 Å². The zero-order valence-electron chi connectivity index (χ0n) is 17.0. The number of nitrogens with zero attached hydrogens (tertiary/aromatic N) is 1. The molecule has 0 bridgehead atoms. The standard InChI is InChI=1S/C21H24BrClN2O3S/c1-13-8-16(10-14-9-15(22)11-24-17(13)14)28-19(29-5)18(26)25-20(2,3)6-7-21(4,27)12-23/h8-11,19,27H,12H2,1-5H3,(H,25,26). The van der Waals surface area contributed by atoms with E-state index in [2.05, 4.69) is 38.1 Å². The molecule has 1 aromatic carbocycles. The predicted molar refractivity (Wildman–Crippen MR) is 123 cm³/mol. The molecule has 0 spiro atoms. The van der Waals surface area contributed by atoms with Gasteiger partial charge in [-0.15, -0.1) is 23.4 Å². The molecule has 0 saturated carbocycles. The molecule has 29 heavy (non-hydrogen) atoms. The van der Waals surface area contributed by atoms with Crippen LogP contribution < -0.4 is 10.1 Å². The molecular weight excluding hydrogens is 476 g/mol. The van der Waals surface area contributed by atoms with Crippen LogP contribution in [-0.4, -0.2) is 44.7 Å². The second-order valence-corrected chi connectivity index (χ2v) is 9.51. The van der Waals surface area contributed by atoms with Crippen LogP contribution >= 0.6 is 39.3 Å². The Labute approximate surface area is 189 Å². The first kappa shape index (κ1) is 23.8. The van der Waals surface area contributed by atoms with Crippen molar-refractivity contribution in [1.29, 1.82) is 0 Å². The second kappa shape index (κ2) is 9.57. The average Bonchev–Trinajstić information content (AvgIpc) is 2.64. The van der Waals surface area contributed by atoms with Crippen LogP contribution in [0.1, 0.15) is 26.3 Å². The third-order valence-corrected chi connectivity index (χ3v) is 5.62. The van der Waals surface area contributed by atoms with Crippen molar-refractivity contribution in [3.8, 4) is 17.6 Å². The van der Waals surface area contributed by atoms with Crippen molar-refractivity contribution in [2.45, 2.75) is 44.3 Å². The van der Waals surface area contributed by atoms with Crippen LogP contribution in [0.3, 0.4) is 0 Å². The van der Waals surface area contributed by atoms with Crippen LogP contribution in [0.5, 0.6) is 5.75 Å². The van der Waals surface area contributed by atoms with E-state index >= 15 is 0 Å². The van der Waals surface area contributed by atoms with Crippen LogP contribution in [-0.2, 0) is 4.79 Å². The van der Waals surface area contributed by atoms with Crippen molar-refractivity contribution in [2.75, 3.05) is 12.1 Å². The number of fused-ring (bicyclic) bond motifs is 1. The summed E-state index contributed by atoms with van der Waals surface area (Å²) in [6.45, 7) is 6.98. The maximum Gasteiger partial charge on any atom is 0.272 e. The summed E-state index contributed by atoms with van der Waals surface area (Å²) in [5, 5.41) is 13.7. The van der Waals surface area contributed by atoms with Gasteiger partial charge < -0.3 is 15.2 Å². The second-order valence-electron chi connectivity index (χ2n) is 7.42. The quantitative estimate of drug-likeness (QED) is 0.353. The number of pyridine rings is 1. The first-order chi connectivity index (χ1) is 13.5. The number of carbonyl (C=O) groups is 1. The predicted octanol–water partition coefficient (Wildman–Crippen LogP) is 4.26. The molecule has 0 fully saturated rings. The molecule has 2 rings (SSSR count). The van der Waals surface area contributed by atoms with E-state index in [1.165, 1.54) is 18.7 Å². The Hall–Kier alpha value is -1.46. The number of hydrogen-bond donors (Lipinski definition) is 2. The van der Waals surface area contributed by atoms with Gasteiger partial charge in [0.25, 0.3) is 5.91 Å². The van der Waals surface area contributed by atoms with Crippen molar-refractivity contribution in [2.24, 2.45) is 0 Å². The van der Waals surface area contributed by atoms with Gasteiger partial charge in [0.15, 0.2) is 0 Å². The molecule has 5 nitrogen and oxygen atoms in total. The number of benzene rings is 1. The number of carbonyl (C=O) groups excluding carboxylic acids is 1. The molecule has 0 radical (unpaired) electrons. The molecular formula is C21H24BrClN2O3S. The number of thioether (sulfide) groups is 1. The molecule has 1 heterocycles. The number of aliphatic hydroxyl groups is 1. The molecule has 0 aliphatic carbocycles. The highest BCUT2D eigenvalue weighted by Gasteiger charge is 2.26. The van der Waals surface area contributed by atoms with Crippen LogP contribution in [0.25, 0.3) is 10.9 Å². The minimum absolute atomic E-state index is 0.0210. The SMILES string of the molecule is CSC(Oc1cc(C)c2ncc(Br)cc2c1)C(=O)NC(C)(C)C#CC(C)(O)CCl. The summed E-state index contributed by atoms with van der Waals surface area (Å²) in [6.07, 6.45) is 3.55. The number of aryl methyl sites for hydroxylation is 1. The Balaban J connectivity index is 2.19. The largest absolute Gasteiger partial charge is 0.470 e. The topological polar surface area (TPSA) is 71.5 Å². The number of halogens is 2. The number of ether oxygens (including phenoxy) is 1. The van der Waals surface area contributed by atoms with Gasteiger partial charge in [-0.2, -0.15) is 0 Å². The van der Waals surface area contributed by atoms with Gasteiger partial charge in [0, 0.05) is 16.1 Å². The zero-order valence-corrected chi connectivity index (χ0v) is 20.1. The van der Waals surface area contributed by atoms with Gasteiger partial charge in [-0.1, -0.05) is 11.8 Å². The Kier molecular flexibility index (Phi) is 7.86. The number of alkyl halides is 1. The van der Waals surface area contributed by atoms with E-state index in [-0.39, 0.29) is 11.8 Å². The van der Waals surface area contributed by atoms with Crippen LogP contribution in [0.2, 0.25) is 0 Å². The molecule has 1 aromatic heterocycles. The summed E-state index contributed by atoms with van der Waals surface area (Å²) < 4.78 is 6.83. The van der Waals surface area contributed by atoms with Gasteiger partial charge in [0.2, 0.25) is 5.44 Å². The van der Waals surface area contributed by atoms with Crippen molar-refractivity contribution >= 4 is 56.1 Å². The van der Waals surface area contributed by atoms with E-state index < -0.39 is 16.6 Å². The number of nitrogens with one attached hydrogen (secondary N) is 1. The molecule has 1 amide bonds. The highest BCUT2D eigenvalue weighted by molar-refractivity contribution is 9.10. The van der Waals surface area contributed by atoms with Gasteiger partial charge in [-0.05, 0) is 73.6 Å². The monoisotopic (exact) mass is 498 g/mol. The summed E-state index contributed by atoms with van der Waals surface area (Å²) in [7, 11) is 0. The van der Waals surface area contributed by atoms with Crippen molar-refractivity contribution in [3.63, 3.8) is 0 Å². The van der Waals surface area contributed by atoms with Gasteiger partial charge in [-0.25, -0.2) is 0 Å². The number of amides is 1. The highest BCUT2D eigenvalue weighted by Crippen LogP contribution is 2.27. The lowest BCUT2D eigenvalue weighted by Crippen LogP contribution is -2.48. The number of aromatic nitrogens is 1. The third kappa shape index (κ3) is 6.78. The highest BCUT2D eigenvalue weighted by atomic mass is 79.9. The Morgan fingerprint density at radius 1 is 1.38 bits per heavy atom. The first-order valence-electron chi connectivity index (χ1n) is 8.86. The third-order valence-electron chi connectivity index (χ3n) is 3.93. The fraction of sp³-hybridized carbons (Fsp3) is 0.429. The van der Waals surface area contributed by atoms with E-state index in [9.17, 15) is 9.90 Å². The summed E-state index contributed by atoms with van der Waals surface area (Å²) in [5.41, 5.74) is -1.10. The molecule has 0 aliphatic rings. The normalized spacial score (nSPS) is 14.5. The maximum absolute atomic E-state index is 12.8. The molecule has 2 unspecified atom stereocenters. The number of rotatable bonds is 6. The Morgan fingerprint density at radius 3 is 2.69 bits per heavy atom. The molecule has 2 aromatic rings. The summed E-state index contributed by atoms with van der Waals surface area (Å²) in [5.74, 6) is 5.81. The minimum atomic E-state index is -1.32.